The van der Waals surface area contributed by atoms with Crippen LogP contribution >= 0.6 is 0 Å². The van der Waals surface area contributed by atoms with Crippen LogP contribution in [0.25, 0.3) is 21.9 Å². The second-order valence-corrected chi connectivity index (χ2v) is 8.21. The number of H-pyrrole nitrogens is 1. The molecule has 1 aliphatic rings. The number of anilines is 2. The summed E-state index contributed by atoms with van der Waals surface area (Å²) in [6.07, 6.45) is 8.21. The fourth-order valence-corrected chi connectivity index (χ4v) is 4.48. The van der Waals surface area contributed by atoms with Gasteiger partial charge in [0.05, 0.1) is 24.0 Å². The van der Waals surface area contributed by atoms with Crippen molar-refractivity contribution in [2.75, 3.05) is 11.1 Å². The molecule has 0 unspecified atom stereocenters. The van der Waals surface area contributed by atoms with Crippen LogP contribution in [0.2, 0.25) is 0 Å². The van der Waals surface area contributed by atoms with Gasteiger partial charge in [-0.3, -0.25) is 9.78 Å². The second-order valence-electron chi connectivity index (χ2n) is 8.21. The summed E-state index contributed by atoms with van der Waals surface area (Å²) >= 11 is 0. The van der Waals surface area contributed by atoms with Crippen LogP contribution < -0.4 is 11.1 Å². The van der Waals surface area contributed by atoms with Gasteiger partial charge >= 0.3 is 0 Å². The number of pyridine rings is 2. The van der Waals surface area contributed by atoms with Gasteiger partial charge in [-0.2, -0.15) is 5.26 Å². The number of hydrogen-bond donors (Lipinski definition) is 3. The third-order valence-electron chi connectivity index (χ3n) is 6.26. The van der Waals surface area contributed by atoms with E-state index in [1.54, 1.807) is 43.1 Å². The van der Waals surface area contributed by atoms with Gasteiger partial charge in [-0.15, -0.1) is 0 Å². The number of hydrogen-bond acceptors (Lipinski definition) is 6. The van der Waals surface area contributed by atoms with Gasteiger partial charge in [-0.05, 0) is 42.0 Å². The largest absolute Gasteiger partial charge is 0.396 e. The van der Waals surface area contributed by atoms with Gasteiger partial charge in [0.25, 0.3) is 0 Å². The molecule has 3 atom stereocenters. The van der Waals surface area contributed by atoms with E-state index in [1.165, 1.54) is 6.20 Å². The van der Waals surface area contributed by atoms with E-state index in [0.29, 0.717) is 27.7 Å². The zero-order valence-electron chi connectivity index (χ0n) is 17.7. The molecule has 164 valence electrons. The lowest BCUT2D eigenvalue weighted by molar-refractivity contribution is -0.117. The number of nitrogens with one attached hydrogen (secondary N) is 2. The number of nitrogen functional groups attached to an aromatic ring is 1. The quantitative estimate of drug-likeness (QED) is 0.402. The maximum Gasteiger partial charge on any atom is 0.229 e. The molecule has 1 fully saturated rings. The maximum atomic E-state index is 15.0. The van der Waals surface area contributed by atoms with Gasteiger partial charge < -0.3 is 16.0 Å². The molecular formula is C24H20FN7O. The molecule has 3 heterocycles. The van der Waals surface area contributed by atoms with Crippen LogP contribution in [0.4, 0.5) is 15.9 Å². The number of aromatic amines is 1. The van der Waals surface area contributed by atoms with Crippen LogP contribution in [-0.2, 0) is 4.79 Å². The van der Waals surface area contributed by atoms with E-state index in [1.807, 2.05) is 6.92 Å². The van der Waals surface area contributed by atoms with Crippen molar-refractivity contribution in [1.29, 1.82) is 5.26 Å². The molecule has 1 amide bonds. The first-order valence-corrected chi connectivity index (χ1v) is 10.4. The Bertz CT molecular complexity index is 1410. The third kappa shape index (κ3) is 3.55. The number of carbonyl (C=O) groups is 1. The highest BCUT2D eigenvalue weighted by Crippen LogP contribution is 2.55. The number of nitriles is 1. The summed E-state index contributed by atoms with van der Waals surface area (Å²) in [5, 5.41) is 13.1. The fraction of sp³-hybridized carbons (Fsp3) is 0.208. The molecule has 8 nitrogen and oxygen atoms in total. The molecule has 1 saturated carbocycles. The van der Waals surface area contributed by atoms with E-state index >= 15 is 4.39 Å². The zero-order chi connectivity index (χ0) is 23.1. The lowest BCUT2D eigenvalue weighted by Crippen LogP contribution is -2.16. The highest BCUT2D eigenvalue weighted by Gasteiger charge is 2.56. The molecule has 0 saturated heterocycles. The Morgan fingerprint density at radius 1 is 1.27 bits per heavy atom. The Kier molecular flexibility index (Phi) is 4.98. The van der Waals surface area contributed by atoms with Gasteiger partial charge in [0, 0.05) is 59.3 Å². The summed E-state index contributed by atoms with van der Waals surface area (Å²) in [5.74, 6) is -0.942. The maximum absolute atomic E-state index is 15.0. The Balaban J connectivity index is 1.46. The van der Waals surface area contributed by atoms with E-state index in [9.17, 15) is 4.79 Å². The van der Waals surface area contributed by atoms with Gasteiger partial charge in [0.15, 0.2) is 5.82 Å². The fourth-order valence-electron chi connectivity index (χ4n) is 4.48. The number of halogens is 1. The Morgan fingerprint density at radius 2 is 2.12 bits per heavy atom. The molecule has 1 aliphatic carbocycles. The van der Waals surface area contributed by atoms with Gasteiger partial charge in [-0.1, -0.05) is 0 Å². The molecular weight excluding hydrogens is 421 g/mol. The normalized spacial score (nSPS) is 19.2. The minimum Gasteiger partial charge on any atom is -0.396 e. The number of benzene rings is 1. The number of nitrogens with two attached hydrogens (primary N) is 1. The van der Waals surface area contributed by atoms with Crippen molar-refractivity contribution in [2.24, 2.45) is 11.8 Å². The molecule has 33 heavy (non-hydrogen) atoms. The average molecular weight is 441 g/mol. The minimum atomic E-state index is -0.531. The molecule has 1 aromatic carbocycles. The van der Waals surface area contributed by atoms with Crippen molar-refractivity contribution < 1.29 is 9.18 Å². The van der Waals surface area contributed by atoms with Crippen LogP contribution in [0, 0.1) is 35.9 Å². The predicted octanol–water partition coefficient (Wildman–Crippen LogP) is 3.93. The number of rotatable bonds is 5. The summed E-state index contributed by atoms with van der Waals surface area (Å²) in [7, 11) is 0. The van der Waals surface area contributed by atoms with Crippen molar-refractivity contribution in [3.63, 3.8) is 0 Å². The molecule has 0 bridgehead atoms. The standard InChI is InChI=1S/C24H20FN7O/c1-12-3-5-28-8-16(12)15-6-13-7-19(30-9-17(13)23(27)22(15)25)32-24(33)21-14(2-4-26)20(21)18-10-29-11-31-18/h3,5-11,14,20-21H,2,27H2,1H3,(H,29,31)(H,30,32,33)/t14-,20+,21+/m1/s1. The van der Waals surface area contributed by atoms with Crippen LogP contribution in [0.15, 0.2) is 49.3 Å². The van der Waals surface area contributed by atoms with Crippen molar-refractivity contribution in [3.05, 3.63) is 66.4 Å². The molecule has 3 aromatic heterocycles. The van der Waals surface area contributed by atoms with E-state index in [2.05, 4.69) is 31.3 Å². The van der Waals surface area contributed by atoms with Crippen molar-refractivity contribution in [3.8, 4) is 17.2 Å². The van der Waals surface area contributed by atoms with Gasteiger partial charge in [-0.25, -0.2) is 14.4 Å². The third-order valence-corrected chi connectivity index (χ3v) is 6.26. The molecule has 9 heteroatoms. The van der Waals surface area contributed by atoms with Crippen LogP contribution in [0.5, 0.6) is 0 Å². The lowest BCUT2D eigenvalue weighted by atomic mass is 9.98. The highest BCUT2D eigenvalue weighted by atomic mass is 19.1. The monoisotopic (exact) mass is 441 g/mol. The van der Waals surface area contributed by atoms with E-state index in [-0.39, 0.29) is 35.8 Å². The Labute approximate surface area is 188 Å². The molecule has 0 aliphatic heterocycles. The topological polar surface area (TPSA) is 133 Å². The summed E-state index contributed by atoms with van der Waals surface area (Å²) in [6, 6.07) is 7.31. The number of aromatic nitrogens is 4. The molecule has 4 aromatic rings. The van der Waals surface area contributed by atoms with Crippen LogP contribution in [0.3, 0.4) is 0 Å². The number of fused-ring (bicyclic) bond motifs is 1. The summed E-state index contributed by atoms with van der Waals surface area (Å²) in [6.45, 7) is 1.87. The minimum absolute atomic E-state index is 0.00767. The van der Waals surface area contributed by atoms with Crippen molar-refractivity contribution >= 4 is 28.2 Å². The van der Waals surface area contributed by atoms with E-state index in [4.69, 9.17) is 11.0 Å². The molecule has 0 spiro atoms. The SMILES string of the molecule is Cc1ccncc1-c1cc2cc(NC(=O)[C@H]3[C@H](CC#N)[C@H]3c3cnc[nH]3)ncc2c(N)c1F. The zero-order valence-corrected chi connectivity index (χ0v) is 17.7. The van der Waals surface area contributed by atoms with E-state index in [0.717, 1.165) is 11.3 Å². The van der Waals surface area contributed by atoms with E-state index < -0.39 is 5.82 Å². The van der Waals surface area contributed by atoms with Crippen LogP contribution in [-0.4, -0.2) is 25.8 Å². The summed E-state index contributed by atoms with van der Waals surface area (Å²) in [5.41, 5.74) is 8.75. The first-order chi connectivity index (χ1) is 16.0. The summed E-state index contributed by atoms with van der Waals surface area (Å²) in [4.78, 5) is 28.4. The summed E-state index contributed by atoms with van der Waals surface area (Å²) < 4.78 is 15.0. The van der Waals surface area contributed by atoms with Crippen molar-refractivity contribution in [1.82, 2.24) is 19.9 Å². The smallest absolute Gasteiger partial charge is 0.229 e. The highest BCUT2D eigenvalue weighted by molar-refractivity contribution is 6.00. The van der Waals surface area contributed by atoms with Crippen LogP contribution in [0.1, 0.15) is 23.6 Å². The van der Waals surface area contributed by atoms with Gasteiger partial charge in [0.1, 0.15) is 5.82 Å². The number of imidazole rings is 1. The Morgan fingerprint density at radius 3 is 2.85 bits per heavy atom. The molecule has 0 radical (unpaired) electrons. The number of carbonyl (C=O) groups excluding carboxylic acids is 1. The lowest BCUT2D eigenvalue weighted by Gasteiger charge is -2.12. The first kappa shape index (κ1) is 20.6. The number of aryl methyl sites for hydroxylation is 1. The predicted molar refractivity (Wildman–Crippen MR) is 121 cm³/mol. The first-order valence-electron chi connectivity index (χ1n) is 10.4. The van der Waals surface area contributed by atoms with Gasteiger partial charge in [0.2, 0.25) is 5.91 Å². The number of amides is 1. The van der Waals surface area contributed by atoms with Crippen molar-refractivity contribution in [2.45, 2.75) is 19.3 Å². The molecule has 4 N–H and O–H groups in total. The Hall–Kier alpha value is -4.32. The average Bonchev–Trinajstić information content (AvgIpc) is 3.25. The number of nitrogens with zero attached hydrogens (tertiary/aromatic N) is 4. The molecule has 5 rings (SSSR count). The second kappa shape index (κ2) is 7.98.